The summed E-state index contributed by atoms with van der Waals surface area (Å²) in [5, 5.41) is -0.115. The van der Waals surface area contributed by atoms with Crippen LogP contribution in [0, 0.1) is 0 Å². The number of para-hydroxylation sites is 1. The number of benzene rings is 1. The van der Waals surface area contributed by atoms with Gasteiger partial charge in [0.15, 0.2) is 4.34 Å². The number of hydrogen-bond acceptors (Lipinski definition) is 4. The second-order valence-corrected chi connectivity index (χ2v) is 8.26. The summed E-state index contributed by atoms with van der Waals surface area (Å²) in [6.07, 6.45) is 0. The first kappa shape index (κ1) is 16.3. The largest absolute Gasteiger partial charge is 0.337 e. The number of aromatic nitrogens is 1. The number of fused-ring (bicyclic) bond motifs is 1. The zero-order valence-electron chi connectivity index (χ0n) is 13.2. The Labute approximate surface area is 134 Å². The van der Waals surface area contributed by atoms with Gasteiger partial charge in [-0.2, -0.15) is 0 Å². The maximum atomic E-state index is 12.6. The van der Waals surface area contributed by atoms with Gasteiger partial charge in [-0.25, -0.2) is 4.98 Å². The van der Waals surface area contributed by atoms with Crippen LogP contribution < -0.4 is 0 Å². The molecule has 0 spiro atoms. The summed E-state index contributed by atoms with van der Waals surface area (Å²) < 4.78 is 2.13. The summed E-state index contributed by atoms with van der Waals surface area (Å²) in [6.45, 7) is 10.2. The van der Waals surface area contributed by atoms with E-state index in [0.717, 1.165) is 9.86 Å². The van der Waals surface area contributed by atoms with E-state index in [4.69, 9.17) is 0 Å². The summed E-state index contributed by atoms with van der Waals surface area (Å²) in [5.74, 6) is 0.184. The molecule has 1 unspecified atom stereocenters. The maximum absolute atomic E-state index is 12.6. The molecule has 0 aliphatic carbocycles. The van der Waals surface area contributed by atoms with Crippen LogP contribution in [0.1, 0.15) is 34.6 Å². The molecule has 1 aromatic heterocycles. The molecule has 0 fully saturated rings. The van der Waals surface area contributed by atoms with Crippen LogP contribution in [-0.4, -0.2) is 33.1 Å². The summed E-state index contributed by atoms with van der Waals surface area (Å²) in [6, 6.07) is 8.52. The molecule has 0 saturated heterocycles. The lowest BCUT2D eigenvalue weighted by Gasteiger charge is -2.32. The Morgan fingerprint density at radius 2 is 1.76 bits per heavy atom. The minimum atomic E-state index is -0.115. The second kappa shape index (κ2) is 6.79. The molecule has 0 bridgehead atoms. The third kappa shape index (κ3) is 3.77. The van der Waals surface area contributed by atoms with E-state index in [2.05, 4.69) is 38.7 Å². The summed E-state index contributed by atoms with van der Waals surface area (Å²) >= 11 is 3.21. The van der Waals surface area contributed by atoms with E-state index in [1.807, 2.05) is 30.0 Å². The van der Waals surface area contributed by atoms with Gasteiger partial charge in [-0.1, -0.05) is 23.9 Å². The van der Waals surface area contributed by atoms with Gasteiger partial charge in [0.25, 0.3) is 0 Å². The van der Waals surface area contributed by atoms with E-state index in [1.165, 1.54) is 4.70 Å². The lowest BCUT2D eigenvalue weighted by Crippen LogP contribution is -2.45. The predicted octanol–water partition coefficient (Wildman–Crippen LogP) is 4.42. The topological polar surface area (TPSA) is 33.2 Å². The fraction of sp³-hybridized carbons (Fsp3) is 0.500. The van der Waals surface area contributed by atoms with Crippen LogP contribution in [0.3, 0.4) is 0 Å². The highest BCUT2D eigenvalue weighted by Gasteiger charge is 2.26. The number of hydrogen-bond donors (Lipinski definition) is 0. The average Bonchev–Trinajstić information content (AvgIpc) is 2.79. The minimum Gasteiger partial charge on any atom is -0.337 e. The number of thiazole rings is 1. The number of carbonyl (C=O) groups is 1. The summed E-state index contributed by atoms with van der Waals surface area (Å²) in [4.78, 5) is 19.2. The number of thioether (sulfide) groups is 1. The van der Waals surface area contributed by atoms with Crippen molar-refractivity contribution in [3.63, 3.8) is 0 Å². The standard InChI is InChI=1S/C16H22N2OS2/c1-10(2)18(11(3)4)15(19)12(5)20-16-17-13-8-6-7-9-14(13)21-16/h6-12H,1-5H3. The van der Waals surface area contributed by atoms with Crippen molar-refractivity contribution in [1.29, 1.82) is 0 Å². The molecule has 114 valence electrons. The minimum absolute atomic E-state index is 0.115. The lowest BCUT2D eigenvalue weighted by atomic mass is 10.2. The Bertz CT molecular complexity index is 581. The third-order valence-electron chi connectivity index (χ3n) is 3.27. The van der Waals surface area contributed by atoms with Crippen molar-refractivity contribution in [3.8, 4) is 0 Å². The van der Waals surface area contributed by atoms with Crippen LogP contribution in [0.5, 0.6) is 0 Å². The van der Waals surface area contributed by atoms with Crippen LogP contribution in [0.4, 0.5) is 0 Å². The van der Waals surface area contributed by atoms with E-state index in [9.17, 15) is 4.79 Å². The zero-order chi connectivity index (χ0) is 15.6. The molecule has 5 heteroatoms. The molecule has 2 aromatic rings. The number of carbonyl (C=O) groups excluding carboxylic acids is 1. The van der Waals surface area contributed by atoms with Gasteiger partial charge in [-0.15, -0.1) is 11.3 Å². The SMILES string of the molecule is CC(Sc1nc2ccccc2s1)C(=O)N(C(C)C)C(C)C. The van der Waals surface area contributed by atoms with Crippen LogP contribution in [-0.2, 0) is 4.79 Å². The number of rotatable bonds is 5. The summed E-state index contributed by atoms with van der Waals surface area (Å²) in [7, 11) is 0. The predicted molar refractivity (Wildman–Crippen MR) is 92.1 cm³/mol. The number of amides is 1. The lowest BCUT2D eigenvalue weighted by molar-refractivity contribution is -0.133. The van der Waals surface area contributed by atoms with Gasteiger partial charge < -0.3 is 4.90 Å². The molecule has 3 nitrogen and oxygen atoms in total. The molecule has 1 amide bonds. The van der Waals surface area contributed by atoms with Crippen molar-refractivity contribution >= 4 is 39.2 Å². The molecule has 0 saturated carbocycles. The van der Waals surface area contributed by atoms with Gasteiger partial charge in [-0.3, -0.25) is 4.79 Å². The third-order valence-corrected chi connectivity index (χ3v) is 5.48. The highest BCUT2D eigenvalue weighted by Crippen LogP contribution is 2.32. The van der Waals surface area contributed by atoms with Crippen molar-refractivity contribution in [2.45, 2.75) is 56.3 Å². The van der Waals surface area contributed by atoms with Crippen LogP contribution >= 0.6 is 23.1 Å². The van der Waals surface area contributed by atoms with Crippen molar-refractivity contribution in [2.24, 2.45) is 0 Å². The molecular weight excluding hydrogens is 300 g/mol. The van der Waals surface area contributed by atoms with E-state index in [-0.39, 0.29) is 23.2 Å². The highest BCUT2D eigenvalue weighted by atomic mass is 32.2. The second-order valence-electron chi connectivity index (χ2n) is 5.64. The maximum Gasteiger partial charge on any atom is 0.236 e. The van der Waals surface area contributed by atoms with Crippen molar-refractivity contribution in [1.82, 2.24) is 9.88 Å². The van der Waals surface area contributed by atoms with Crippen molar-refractivity contribution in [2.75, 3.05) is 0 Å². The quantitative estimate of drug-likeness (QED) is 0.764. The van der Waals surface area contributed by atoms with E-state index in [0.29, 0.717) is 0 Å². The van der Waals surface area contributed by atoms with E-state index in [1.54, 1.807) is 23.1 Å². The molecule has 2 rings (SSSR count). The molecule has 0 aliphatic heterocycles. The van der Waals surface area contributed by atoms with Crippen LogP contribution in [0.2, 0.25) is 0 Å². The molecular formula is C16H22N2OS2. The van der Waals surface area contributed by atoms with Gasteiger partial charge >= 0.3 is 0 Å². The summed E-state index contributed by atoms with van der Waals surface area (Å²) in [5.41, 5.74) is 1.01. The van der Waals surface area contributed by atoms with Crippen LogP contribution in [0.15, 0.2) is 28.6 Å². The van der Waals surface area contributed by atoms with Crippen molar-refractivity contribution in [3.05, 3.63) is 24.3 Å². The van der Waals surface area contributed by atoms with Crippen molar-refractivity contribution < 1.29 is 4.79 Å². The molecule has 1 heterocycles. The van der Waals surface area contributed by atoms with Gasteiger partial charge in [-0.05, 0) is 46.8 Å². The molecule has 21 heavy (non-hydrogen) atoms. The first-order valence-electron chi connectivity index (χ1n) is 7.24. The van der Waals surface area contributed by atoms with E-state index < -0.39 is 0 Å². The Kier molecular flexibility index (Phi) is 5.27. The Balaban J connectivity index is 2.12. The molecule has 0 radical (unpaired) electrons. The first-order chi connectivity index (χ1) is 9.90. The Morgan fingerprint density at radius 1 is 1.14 bits per heavy atom. The molecule has 0 aliphatic rings. The number of nitrogens with zero attached hydrogens (tertiary/aromatic N) is 2. The van der Waals surface area contributed by atoms with Gasteiger partial charge in [0.05, 0.1) is 15.5 Å². The van der Waals surface area contributed by atoms with Gasteiger partial charge in [0.2, 0.25) is 5.91 Å². The fourth-order valence-corrected chi connectivity index (χ4v) is 4.69. The smallest absolute Gasteiger partial charge is 0.236 e. The Hall–Kier alpha value is -1.07. The first-order valence-corrected chi connectivity index (χ1v) is 8.94. The molecule has 1 aromatic carbocycles. The zero-order valence-corrected chi connectivity index (χ0v) is 14.8. The Morgan fingerprint density at radius 3 is 2.33 bits per heavy atom. The van der Waals surface area contributed by atoms with Crippen LogP contribution in [0.25, 0.3) is 10.2 Å². The van der Waals surface area contributed by atoms with E-state index >= 15 is 0 Å². The van der Waals surface area contributed by atoms with Gasteiger partial charge in [0, 0.05) is 12.1 Å². The molecule has 1 atom stereocenters. The normalized spacial score (nSPS) is 13.1. The fourth-order valence-electron chi connectivity index (χ4n) is 2.42. The van der Waals surface area contributed by atoms with Gasteiger partial charge in [0.1, 0.15) is 0 Å². The molecule has 0 N–H and O–H groups in total. The average molecular weight is 322 g/mol. The highest BCUT2D eigenvalue weighted by molar-refractivity contribution is 8.02. The monoisotopic (exact) mass is 322 g/mol.